The smallest absolute Gasteiger partial charge is 0.246 e. The van der Waals surface area contributed by atoms with E-state index in [-0.39, 0.29) is 4.90 Å². The van der Waals surface area contributed by atoms with Crippen LogP contribution in [0.2, 0.25) is 0 Å². The summed E-state index contributed by atoms with van der Waals surface area (Å²) in [5, 5.41) is 3.12. The summed E-state index contributed by atoms with van der Waals surface area (Å²) < 4.78 is 32.7. The van der Waals surface area contributed by atoms with Gasteiger partial charge in [-0.1, -0.05) is 6.07 Å². The zero-order valence-electron chi connectivity index (χ0n) is 13.1. The molecule has 1 N–H and O–H groups in total. The van der Waals surface area contributed by atoms with E-state index in [4.69, 9.17) is 4.74 Å². The maximum Gasteiger partial charge on any atom is 0.246 e. The van der Waals surface area contributed by atoms with Crippen molar-refractivity contribution in [3.05, 3.63) is 23.3 Å². The molecule has 2 rings (SSSR count). The van der Waals surface area contributed by atoms with Crippen LogP contribution < -0.4 is 10.1 Å². The number of methoxy groups -OCH3 is 1. The summed E-state index contributed by atoms with van der Waals surface area (Å²) in [5.41, 5.74) is 1.78. The number of sulfonamides is 1. The molecular weight excluding hydrogens is 288 g/mol. The van der Waals surface area contributed by atoms with Gasteiger partial charge in [0.05, 0.1) is 7.11 Å². The quantitative estimate of drug-likeness (QED) is 0.896. The molecule has 1 aromatic carbocycles. The molecule has 0 aromatic heterocycles. The van der Waals surface area contributed by atoms with E-state index < -0.39 is 10.0 Å². The van der Waals surface area contributed by atoms with Crippen molar-refractivity contribution < 1.29 is 13.2 Å². The molecule has 118 valence electrons. The fraction of sp³-hybridized carbons (Fsp3) is 0.600. The van der Waals surface area contributed by atoms with Crippen molar-refractivity contribution in [1.29, 1.82) is 0 Å². The summed E-state index contributed by atoms with van der Waals surface area (Å²) in [4.78, 5) is 0.285. The average Bonchev–Trinajstić information content (AvgIpc) is 2.87. The van der Waals surface area contributed by atoms with Crippen molar-refractivity contribution in [2.75, 3.05) is 33.8 Å². The minimum Gasteiger partial charge on any atom is -0.495 e. The van der Waals surface area contributed by atoms with Crippen molar-refractivity contribution >= 4 is 10.0 Å². The van der Waals surface area contributed by atoms with Gasteiger partial charge in [0.25, 0.3) is 0 Å². The highest BCUT2D eigenvalue weighted by Crippen LogP contribution is 2.33. The van der Waals surface area contributed by atoms with Gasteiger partial charge in [0.1, 0.15) is 10.6 Å². The zero-order valence-corrected chi connectivity index (χ0v) is 14.0. The van der Waals surface area contributed by atoms with E-state index in [0.29, 0.717) is 24.8 Å². The molecule has 21 heavy (non-hydrogen) atoms. The topological polar surface area (TPSA) is 58.6 Å². The van der Waals surface area contributed by atoms with Gasteiger partial charge in [-0.15, -0.1) is 0 Å². The van der Waals surface area contributed by atoms with Gasteiger partial charge in [-0.25, -0.2) is 8.42 Å². The molecule has 1 aliphatic rings. The zero-order chi connectivity index (χ0) is 15.6. The van der Waals surface area contributed by atoms with E-state index in [9.17, 15) is 8.42 Å². The summed E-state index contributed by atoms with van der Waals surface area (Å²) in [6.07, 6.45) is 0.896. The standard InChI is InChI=1S/C15H24N2O3S/c1-11-7-12(2)15(20-4)14(8-11)21(18,19)17-6-5-13(10-17)9-16-3/h7-8,13,16H,5-6,9-10H2,1-4H3. The first-order valence-corrected chi connectivity index (χ1v) is 8.64. The minimum absolute atomic E-state index is 0.285. The molecule has 1 heterocycles. The van der Waals surface area contributed by atoms with Crippen LogP contribution in [0.5, 0.6) is 5.75 Å². The second-order valence-corrected chi connectivity index (χ2v) is 7.59. The third kappa shape index (κ3) is 3.22. The van der Waals surface area contributed by atoms with Crippen LogP contribution in [0.3, 0.4) is 0 Å². The van der Waals surface area contributed by atoms with Crippen LogP contribution in [0, 0.1) is 19.8 Å². The Bertz CT molecular complexity index is 614. The summed E-state index contributed by atoms with van der Waals surface area (Å²) in [5.74, 6) is 0.833. The molecule has 1 aliphatic heterocycles. The van der Waals surface area contributed by atoms with E-state index in [1.165, 1.54) is 7.11 Å². The third-order valence-electron chi connectivity index (χ3n) is 3.95. The van der Waals surface area contributed by atoms with Crippen LogP contribution in [0.1, 0.15) is 17.5 Å². The van der Waals surface area contributed by atoms with Gasteiger partial charge in [-0.2, -0.15) is 4.31 Å². The lowest BCUT2D eigenvalue weighted by atomic mass is 10.1. The van der Waals surface area contributed by atoms with Crippen LogP contribution in [0.15, 0.2) is 17.0 Å². The maximum absolute atomic E-state index is 12.9. The SMILES string of the molecule is CNCC1CCN(S(=O)(=O)c2cc(C)cc(C)c2OC)C1. The number of hydrogen-bond acceptors (Lipinski definition) is 4. The molecule has 1 atom stereocenters. The van der Waals surface area contributed by atoms with Gasteiger partial charge in [0, 0.05) is 13.1 Å². The lowest BCUT2D eigenvalue weighted by Gasteiger charge is -2.20. The highest BCUT2D eigenvalue weighted by Gasteiger charge is 2.34. The third-order valence-corrected chi connectivity index (χ3v) is 5.82. The van der Waals surface area contributed by atoms with Crippen LogP contribution >= 0.6 is 0 Å². The van der Waals surface area contributed by atoms with Gasteiger partial charge in [0.15, 0.2) is 0 Å². The van der Waals surface area contributed by atoms with Crippen molar-refractivity contribution in [3.8, 4) is 5.75 Å². The van der Waals surface area contributed by atoms with Gasteiger partial charge in [-0.3, -0.25) is 0 Å². The predicted molar refractivity (Wildman–Crippen MR) is 83.3 cm³/mol. The first kappa shape index (κ1) is 16.3. The molecule has 0 bridgehead atoms. The molecule has 1 unspecified atom stereocenters. The Morgan fingerprint density at radius 2 is 2.10 bits per heavy atom. The first-order chi connectivity index (χ1) is 9.90. The predicted octanol–water partition coefficient (Wildman–Crippen LogP) is 1.54. The Hall–Kier alpha value is -1.11. The van der Waals surface area contributed by atoms with Crippen molar-refractivity contribution in [3.63, 3.8) is 0 Å². The summed E-state index contributed by atoms with van der Waals surface area (Å²) >= 11 is 0. The van der Waals surface area contributed by atoms with Crippen molar-refractivity contribution in [2.24, 2.45) is 5.92 Å². The van der Waals surface area contributed by atoms with Crippen LogP contribution in [-0.4, -0.2) is 46.5 Å². The average molecular weight is 312 g/mol. The molecule has 1 fully saturated rings. The molecule has 0 saturated carbocycles. The van der Waals surface area contributed by atoms with E-state index in [1.807, 2.05) is 27.0 Å². The molecular formula is C15H24N2O3S. The van der Waals surface area contributed by atoms with Crippen LogP contribution in [0.25, 0.3) is 0 Å². The van der Waals surface area contributed by atoms with Crippen LogP contribution in [-0.2, 0) is 10.0 Å². The molecule has 0 radical (unpaired) electrons. The summed E-state index contributed by atoms with van der Waals surface area (Å²) in [6.45, 7) is 5.76. The van der Waals surface area contributed by atoms with Crippen LogP contribution in [0.4, 0.5) is 0 Å². The van der Waals surface area contributed by atoms with Gasteiger partial charge < -0.3 is 10.1 Å². The number of ether oxygens (including phenoxy) is 1. The normalized spacial score (nSPS) is 19.9. The number of aryl methyl sites for hydroxylation is 2. The highest BCUT2D eigenvalue weighted by atomic mass is 32.2. The van der Waals surface area contributed by atoms with E-state index in [2.05, 4.69) is 5.32 Å². The summed E-state index contributed by atoms with van der Waals surface area (Å²) in [7, 11) is -0.0858. The largest absolute Gasteiger partial charge is 0.495 e. The molecule has 0 amide bonds. The maximum atomic E-state index is 12.9. The number of nitrogens with zero attached hydrogens (tertiary/aromatic N) is 1. The molecule has 1 saturated heterocycles. The fourth-order valence-corrected chi connectivity index (χ4v) is 4.82. The Labute approximate surface area is 127 Å². The van der Waals surface area contributed by atoms with E-state index in [1.54, 1.807) is 10.4 Å². The van der Waals surface area contributed by atoms with Gasteiger partial charge in [0.2, 0.25) is 10.0 Å². The molecule has 5 nitrogen and oxygen atoms in total. The molecule has 0 aliphatic carbocycles. The summed E-state index contributed by atoms with van der Waals surface area (Å²) in [6, 6.07) is 3.64. The number of hydrogen-bond donors (Lipinski definition) is 1. The Morgan fingerprint density at radius 1 is 1.38 bits per heavy atom. The number of benzene rings is 1. The fourth-order valence-electron chi connectivity index (χ4n) is 2.98. The highest BCUT2D eigenvalue weighted by molar-refractivity contribution is 7.89. The Balaban J connectivity index is 2.37. The molecule has 1 aromatic rings. The van der Waals surface area contributed by atoms with Crippen molar-refractivity contribution in [1.82, 2.24) is 9.62 Å². The Morgan fingerprint density at radius 3 is 2.71 bits per heavy atom. The van der Waals surface area contributed by atoms with Gasteiger partial charge >= 0.3 is 0 Å². The van der Waals surface area contributed by atoms with Gasteiger partial charge in [-0.05, 0) is 57.0 Å². The second kappa shape index (κ2) is 6.34. The second-order valence-electron chi connectivity index (χ2n) is 5.69. The lowest BCUT2D eigenvalue weighted by molar-refractivity contribution is 0.394. The van der Waals surface area contributed by atoms with Crippen molar-refractivity contribution in [2.45, 2.75) is 25.2 Å². The Kier molecular flexibility index (Phi) is 4.91. The van der Waals surface area contributed by atoms with E-state index in [0.717, 1.165) is 24.1 Å². The van der Waals surface area contributed by atoms with E-state index >= 15 is 0 Å². The minimum atomic E-state index is -3.50. The number of rotatable bonds is 5. The monoisotopic (exact) mass is 312 g/mol. The molecule has 0 spiro atoms. The first-order valence-electron chi connectivity index (χ1n) is 7.20. The number of nitrogens with one attached hydrogen (secondary N) is 1. The lowest BCUT2D eigenvalue weighted by Crippen LogP contribution is -2.31. The molecule has 6 heteroatoms.